The number of hydrogen-bond acceptors (Lipinski definition) is 4. The summed E-state index contributed by atoms with van der Waals surface area (Å²) in [7, 11) is 1.62. The molecule has 6 heteroatoms. The second-order valence-electron chi connectivity index (χ2n) is 4.40. The molecule has 0 aliphatic heterocycles. The van der Waals surface area contributed by atoms with Crippen molar-refractivity contribution in [3.05, 3.63) is 43.5 Å². The standard InChI is InChI=1S/C15H17BrClNO2S/c1-3-18-7-10-4-12(17)6-14(19-2)15(10)20-8-13-5-11(16)9-21-13/h4-6,9,18H,3,7-8H2,1-2H3. The number of benzene rings is 1. The maximum absolute atomic E-state index is 6.13. The highest BCUT2D eigenvalue weighted by molar-refractivity contribution is 9.10. The zero-order valence-corrected chi connectivity index (χ0v) is 15.1. The Labute approximate surface area is 142 Å². The molecule has 0 bridgehead atoms. The Morgan fingerprint density at radius 2 is 2.14 bits per heavy atom. The van der Waals surface area contributed by atoms with Gasteiger partial charge in [-0.25, -0.2) is 0 Å². The molecule has 0 spiro atoms. The average Bonchev–Trinajstić information content (AvgIpc) is 2.88. The Kier molecular flexibility index (Phi) is 6.36. The summed E-state index contributed by atoms with van der Waals surface area (Å²) < 4.78 is 12.4. The number of hydrogen-bond donors (Lipinski definition) is 1. The molecule has 0 saturated carbocycles. The molecule has 3 nitrogen and oxygen atoms in total. The van der Waals surface area contributed by atoms with Gasteiger partial charge >= 0.3 is 0 Å². The van der Waals surface area contributed by atoms with Crippen LogP contribution in [0.4, 0.5) is 0 Å². The molecule has 21 heavy (non-hydrogen) atoms. The minimum Gasteiger partial charge on any atom is -0.493 e. The number of ether oxygens (including phenoxy) is 2. The lowest BCUT2D eigenvalue weighted by molar-refractivity contribution is 0.283. The summed E-state index contributed by atoms with van der Waals surface area (Å²) in [5, 5.41) is 5.97. The molecule has 0 amide bonds. The van der Waals surface area contributed by atoms with Crippen LogP contribution in [0, 0.1) is 0 Å². The van der Waals surface area contributed by atoms with E-state index in [1.807, 2.05) is 11.4 Å². The van der Waals surface area contributed by atoms with Gasteiger partial charge in [0.2, 0.25) is 0 Å². The summed E-state index contributed by atoms with van der Waals surface area (Å²) in [5.74, 6) is 1.40. The first kappa shape index (κ1) is 16.6. The van der Waals surface area contributed by atoms with E-state index in [1.165, 1.54) is 0 Å². The van der Waals surface area contributed by atoms with Gasteiger partial charge in [0.15, 0.2) is 11.5 Å². The predicted molar refractivity (Wildman–Crippen MR) is 91.7 cm³/mol. The van der Waals surface area contributed by atoms with Crippen LogP contribution >= 0.6 is 38.9 Å². The first-order valence-electron chi connectivity index (χ1n) is 6.57. The molecule has 1 N–H and O–H groups in total. The first-order valence-corrected chi connectivity index (χ1v) is 8.62. The lowest BCUT2D eigenvalue weighted by Gasteiger charge is -2.15. The third kappa shape index (κ3) is 4.61. The molecule has 0 atom stereocenters. The molecule has 2 aromatic rings. The van der Waals surface area contributed by atoms with Crippen molar-refractivity contribution in [3.8, 4) is 11.5 Å². The molecule has 0 radical (unpaired) electrons. The number of halogens is 2. The van der Waals surface area contributed by atoms with Gasteiger partial charge in [-0.1, -0.05) is 18.5 Å². The highest BCUT2D eigenvalue weighted by Crippen LogP contribution is 2.35. The normalized spacial score (nSPS) is 10.7. The van der Waals surface area contributed by atoms with Crippen molar-refractivity contribution >= 4 is 38.9 Å². The van der Waals surface area contributed by atoms with Crippen molar-refractivity contribution in [2.75, 3.05) is 13.7 Å². The summed E-state index contributed by atoms with van der Waals surface area (Å²) in [6.45, 7) is 4.14. The van der Waals surface area contributed by atoms with Gasteiger partial charge in [-0.2, -0.15) is 0 Å². The number of methoxy groups -OCH3 is 1. The third-order valence-electron chi connectivity index (χ3n) is 2.86. The quantitative estimate of drug-likeness (QED) is 0.732. The van der Waals surface area contributed by atoms with E-state index in [4.69, 9.17) is 21.1 Å². The van der Waals surface area contributed by atoms with Crippen LogP contribution < -0.4 is 14.8 Å². The van der Waals surface area contributed by atoms with E-state index in [-0.39, 0.29) is 0 Å². The highest BCUT2D eigenvalue weighted by atomic mass is 79.9. The van der Waals surface area contributed by atoms with Gasteiger partial charge in [0.25, 0.3) is 0 Å². The topological polar surface area (TPSA) is 30.5 Å². The van der Waals surface area contributed by atoms with Gasteiger partial charge in [-0.05, 0) is 34.6 Å². The molecule has 0 aliphatic carbocycles. The largest absolute Gasteiger partial charge is 0.493 e. The molecular weight excluding hydrogens is 374 g/mol. The monoisotopic (exact) mass is 389 g/mol. The van der Waals surface area contributed by atoms with Crippen LogP contribution in [-0.2, 0) is 13.2 Å². The van der Waals surface area contributed by atoms with E-state index in [2.05, 4.69) is 34.2 Å². The second kappa shape index (κ2) is 8.03. The Morgan fingerprint density at radius 1 is 1.33 bits per heavy atom. The number of thiophene rings is 1. The molecule has 114 valence electrons. The fourth-order valence-electron chi connectivity index (χ4n) is 1.90. The Morgan fingerprint density at radius 3 is 2.76 bits per heavy atom. The summed E-state index contributed by atoms with van der Waals surface area (Å²) in [4.78, 5) is 1.15. The second-order valence-corrected chi connectivity index (χ2v) is 6.74. The van der Waals surface area contributed by atoms with E-state index in [9.17, 15) is 0 Å². The molecule has 1 aromatic heterocycles. The van der Waals surface area contributed by atoms with Gasteiger partial charge in [0.05, 0.1) is 7.11 Å². The fourth-order valence-corrected chi connectivity index (χ4v) is 3.49. The van der Waals surface area contributed by atoms with Crippen molar-refractivity contribution in [3.63, 3.8) is 0 Å². The van der Waals surface area contributed by atoms with Gasteiger partial charge in [0, 0.05) is 37.9 Å². The minimum absolute atomic E-state index is 0.507. The zero-order valence-electron chi connectivity index (χ0n) is 11.9. The molecule has 0 fully saturated rings. The number of nitrogens with one attached hydrogen (secondary N) is 1. The molecule has 0 aliphatic rings. The summed E-state index contributed by atoms with van der Waals surface area (Å²) in [6.07, 6.45) is 0. The summed E-state index contributed by atoms with van der Waals surface area (Å²) >= 11 is 11.2. The Hall–Kier alpha value is -0.750. The van der Waals surface area contributed by atoms with E-state index < -0.39 is 0 Å². The average molecular weight is 391 g/mol. The van der Waals surface area contributed by atoms with Crippen molar-refractivity contribution in [2.45, 2.75) is 20.1 Å². The third-order valence-corrected chi connectivity index (χ3v) is 4.75. The van der Waals surface area contributed by atoms with E-state index in [1.54, 1.807) is 24.5 Å². The maximum Gasteiger partial charge on any atom is 0.166 e. The molecule has 1 aromatic carbocycles. The van der Waals surface area contributed by atoms with Crippen LogP contribution in [0.5, 0.6) is 11.5 Å². The Balaban J connectivity index is 2.21. The smallest absolute Gasteiger partial charge is 0.166 e. The highest BCUT2D eigenvalue weighted by Gasteiger charge is 2.13. The van der Waals surface area contributed by atoms with Crippen LogP contribution in [0.3, 0.4) is 0 Å². The molecule has 2 rings (SSSR count). The van der Waals surface area contributed by atoms with Crippen LogP contribution in [0.15, 0.2) is 28.1 Å². The first-order chi connectivity index (χ1) is 10.1. The van der Waals surface area contributed by atoms with Gasteiger partial charge in [0.1, 0.15) is 6.61 Å². The predicted octanol–water partition coefficient (Wildman–Crippen LogP) is 4.86. The van der Waals surface area contributed by atoms with Crippen LogP contribution in [0.2, 0.25) is 5.02 Å². The van der Waals surface area contributed by atoms with Crippen molar-refractivity contribution in [1.82, 2.24) is 5.32 Å². The van der Waals surface area contributed by atoms with Gasteiger partial charge in [-0.3, -0.25) is 0 Å². The minimum atomic E-state index is 0.507. The lowest BCUT2D eigenvalue weighted by Crippen LogP contribution is -2.13. The van der Waals surface area contributed by atoms with E-state index in [0.29, 0.717) is 23.9 Å². The van der Waals surface area contributed by atoms with Crippen LogP contribution in [0.25, 0.3) is 0 Å². The van der Waals surface area contributed by atoms with Gasteiger partial charge in [-0.15, -0.1) is 11.3 Å². The van der Waals surface area contributed by atoms with E-state index in [0.717, 1.165) is 27.2 Å². The Bertz CT molecular complexity index is 603. The number of rotatable bonds is 7. The molecule has 0 unspecified atom stereocenters. The van der Waals surface area contributed by atoms with Crippen LogP contribution in [-0.4, -0.2) is 13.7 Å². The van der Waals surface area contributed by atoms with Crippen molar-refractivity contribution < 1.29 is 9.47 Å². The fraction of sp³-hybridized carbons (Fsp3) is 0.333. The van der Waals surface area contributed by atoms with Crippen molar-refractivity contribution in [2.24, 2.45) is 0 Å². The summed E-state index contributed by atoms with van der Waals surface area (Å²) in [5.41, 5.74) is 0.997. The van der Waals surface area contributed by atoms with Gasteiger partial charge < -0.3 is 14.8 Å². The molecular formula is C15H17BrClNO2S. The lowest BCUT2D eigenvalue weighted by atomic mass is 10.2. The zero-order chi connectivity index (χ0) is 15.2. The van der Waals surface area contributed by atoms with E-state index >= 15 is 0 Å². The summed E-state index contributed by atoms with van der Waals surface area (Å²) in [6, 6.07) is 5.74. The molecule has 1 heterocycles. The van der Waals surface area contributed by atoms with Crippen molar-refractivity contribution in [1.29, 1.82) is 0 Å². The maximum atomic E-state index is 6.13. The molecule has 0 saturated heterocycles. The SMILES string of the molecule is CCNCc1cc(Cl)cc(OC)c1OCc1cc(Br)cs1. The van der Waals surface area contributed by atoms with Crippen LogP contribution in [0.1, 0.15) is 17.4 Å².